The van der Waals surface area contributed by atoms with Crippen LogP contribution in [0, 0.1) is 12.3 Å². The molecule has 1 aliphatic carbocycles. The number of carbonyl (C=O) groups excluding carboxylic acids is 1. The molecule has 1 fully saturated rings. The van der Waals surface area contributed by atoms with E-state index in [1.807, 2.05) is 0 Å². The van der Waals surface area contributed by atoms with Gasteiger partial charge in [0.1, 0.15) is 0 Å². The lowest BCUT2D eigenvalue weighted by Gasteiger charge is -2.24. The Hall–Kier alpha value is -1.05. The van der Waals surface area contributed by atoms with E-state index in [9.17, 15) is 4.79 Å². The van der Waals surface area contributed by atoms with Crippen LogP contribution >= 0.6 is 0 Å². The maximum absolute atomic E-state index is 11.5. The van der Waals surface area contributed by atoms with Crippen molar-refractivity contribution in [1.82, 2.24) is 10.2 Å². The summed E-state index contributed by atoms with van der Waals surface area (Å²) in [6.07, 6.45) is 10.6. The summed E-state index contributed by atoms with van der Waals surface area (Å²) in [7, 11) is 2.11. The first-order chi connectivity index (χ1) is 8.15. The normalized spacial score (nSPS) is 18.0. The van der Waals surface area contributed by atoms with Crippen molar-refractivity contribution in [2.24, 2.45) is 5.73 Å². The molecule has 1 aliphatic rings. The predicted octanol–water partition coefficient (Wildman–Crippen LogP) is 0.328. The van der Waals surface area contributed by atoms with Crippen LogP contribution in [0.15, 0.2) is 0 Å². The zero-order valence-electron chi connectivity index (χ0n) is 10.6. The lowest BCUT2D eigenvalue weighted by atomic mass is 10.2. The first-order valence-corrected chi connectivity index (χ1v) is 6.32. The van der Waals surface area contributed by atoms with Gasteiger partial charge in [0.15, 0.2) is 0 Å². The number of hydrogen-bond acceptors (Lipinski definition) is 3. The molecule has 3 N–H and O–H groups in total. The number of nitrogens with one attached hydrogen (secondary N) is 1. The molecule has 96 valence electrons. The summed E-state index contributed by atoms with van der Waals surface area (Å²) in [5, 5.41) is 2.82. The lowest BCUT2D eigenvalue weighted by molar-refractivity contribution is -0.122. The van der Waals surface area contributed by atoms with Crippen molar-refractivity contribution < 1.29 is 4.79 Å². The van der Waals surface area contributed by atoms with Gasteiger partial charge in [0, 0.05) is 25.6 Å². The van der Waals surface area contributed by atoms with Crippen LogP contribution in [0.25, 0.3) is 0 Å². The second kappa shape index (κ2) is 7.31. The van der Waals surface area contributed by atoms with Gasteiger partial charge in [-0.2, -0.15) is 0 Å². The van der Waals surface area contributed by atoms with Gasteiger partial charge in [-0.15, -0.1) is 12.3 Å². The van der Waals surface area contributed by atoms with E-state index in [-0.39, 0.29) is 5.91 Å². The maximum Gasteiger partial charge on any atom is 0.237 e. The Kier molecular flexibility index (Phi) is 6.03. The van der Waals surface area contributed by atoms with Crippen molar-refractivity contribution in [3.8, 4) is 12.3 Å². The minimum Gasteiger partial charge on any atom is -0.353 e. The van der Waals surface area contributed by atoms with Gasteiger partial charge in [0.2, 0.25) is 5.91 Å². The average Bonchev–Trinajstić information content (AvgIpc) is 2.82. The molecule has 1 unspecified atom stereocenters. The molecule has 4 heteroatoms. The summed E-state index contributed by atoms with van der Waals surface area (Å²) in [5.74, 6) is 2.25. The van der Waals surface area contributed by atoms with Crippen LogP contribution in [0.3, 0.4) is 0 Å². The first kappa shape index (κ1) is 14.0. The fourth-order valence-electron chi connectivity index (χ4n) is 2.23. The third kappa shape index (κ3) is 4.76. The number of nitrogens with zero attached hydrogens (tertiary/aromatic N) is 1. The highest BCUT2D eigenvalue weighted by Gasteiger charge is 2.19. The molecule has 0 radical (unpaired) electrons. The van der Waals surface area contributed by atoms with Gasteiger partial charge in [0.05, 0.1) is 6.04 Å². The smallest absolute Gasteiger partial charge is 0.237 e. The highest BCUT2D eigenvalue weighted by molar-refractivity contribution is 5.81. The van der Waals surface area contributed by atoms with Gasteiger partial charge in [-0.3, -0.25) is 4.79 Å². The fourth-order valence-corrected chi connectivity index (χ4v) is 2.23. The summed E-state index contributed by atoms with van der Waals surface area (Å²) in [5.41, 5.74) is 5.60. The van der Waals surface area contributed by atoms with Gasteiger partial charge >= 0.3 is 0 Å². The molecule has 1 atom stereocenters. The summed E-state index contributed by atoms with van der Waals surface area (Å²) in [4.78, 5) is 13.8. The monoisotopic (exact) mass is 237 g/mol. The van der Waals surface area contributed by atoms with E-state index in [0.717, 1.165) is 6.54 Å². The van der Waals surface area contributed by atoms with Crippen molar-refractivity contribution in [2.75, 3.05) is 20.1 Å². The largest absolute Gasteiger partial charge is 0.353 e. The topological polar surface area (TPSA) is 58.4 Å². The van der Waals surface area contributed by atoms with Crippen molar-refractivity contribution in [3.63, 3.8) is 0 Å². The van der Waals surface area contributed by atoms with Crippen molar-refractivity contribution in [3.05, 3.63) is 0 Å². The van der Waals surface area contributed by atoms with Crippen LogP contribution < -0.4 is 11.1 Å². The minimum atomic E-state index is -0.572. The first-order valence-electron chi connectivity index (χ1n) is 6.32. The number of amides is 1. The Morgan fingerprint density at radius 1 is 1.59 bits per heavy atom. The summed E-state index contributed by atoms with van der Waals surface area (Å²) in [6.45, 7) is 1.52. The van der Waals surface area contributed by atoms with Crippen molar-refractivity contribution in [1.29, 1.82) is 0 Å². The van der Waals surface area contributed by atoms with E-state index in [0.29, 0.717) is 19.0 Å². The molecule has 4 nitrogen and oxygen atoms in total. The Bertz CT molecular complexity index is 279. The van der Waals surface area contributed by atoms with E-state index < -0.39 is 6.04 Å². The number of carbonyl (C=O) groups is 1. The Morgan fingerprint density at radius 2 is 2.24 bits per heavy atom. The van der Waals surface area contributed by atoms with Crippen molar-refractivity contribution in [2.45, 2.75) is 44.2 Å². The molecule has 0 aromatic carbocycles. The zero-order chi connectivity index (χ0) is 12.7. The minimum absolute atomic E-state index is 0.150. The molecule has 1 saturated carbocycles. The molecule has 0 bridgehead atoms. The van der Waals surface area contributed by atoms with Crippen LogP contribution in [0.2, 0.25) is 0 Å². The molecule has 0 aromatic rings. The van der Waals surface area contributed by atoms with E-state index in [1.165, 1.54) is 25.7 Å². The number of hydrogen-bond donors (Lipinski definition) is 2. The molecule has 0 heterocycles. The highest BCUT2D eigenvalue weighted by atomic mass is 16.2. The average molecular weight is 237 g/mol. The molecule has 0 aliphatic heterocycles. The molecule has 0 saturated heterocycles. The highest BCUT2D eigenvalue weighted by Crippen LogP contribution is 2.21. The van der Waals surface area contributed by atoms with Crippen molar-refractivity contribution >= 4 is 5.91 Å². The van der Waals surface area contributed by atoms with Crippen LogP contribution in [0.1, 0.15) is 32.1 Å². The Morgan fingerprint density at radius 3 is 2.82 bits per heavy atom. The third-order valence-corrected chi connectivity index (χ3v) is 3.39. The maximum atomic E-state index is 11.5. The van der Waals surface area contributed by atoms with Gasteiger partial charge in [0.25, 0.3) is 0 Å². The Labute approximate surface area is 104 Å². The number of nitrogens with two attached hydrogens (primary N) is 1. The summed E-state index contributed by atoms with van der Waals surface area (Å²) < 4.78 is 0. The number of rotatable bonds is 6. The molecule has 0 spiro atoms. The molecular formula is C13H23N3O. The molecule has 1 amide bonds. The SMILES string of the molecule is C#CCC(N)C(=O)NCCN(C)C1CCCC1. The Balaban J connectivity index is 2.14. The molecule has 0 aromatic heterocycles. The third-order valence-electron chi connectivity index (χ3n) is 3.39. The zero-order valence-corrected chi connectivity index (χ0v) is 10.6. The molecular weight excluding hydrogens is 214 g/mol. The fraction of sp³-hybridized carbons (Fsp3) is 0.769. The van der Waals surface area contributed by atoms with Gasteiger partial charge in [-0.25, -0.2) is 0 Å². The molecule has 1 rings (SSSR count). The second-order valence-electron chi connectivity index (χ2n) is 4.72. The van der Waals surface area contributed by atoms with E-state index in [1.54, 1.807) is 0 Å². The van der Waals surface area contributed by atoms with Crippen LogP contribution in [0.4, 0.5) is 0 Å². The molecule has 17 heavy (non-hydrogen) atoms. The number of likely N-dealkylation sites (N-methyl/N-ethyl adjacent to an activating group) is 1. The number of terminal acetylenes is 1. The quantitative estimate of drug-likeness (QED) is 0.654. The van der Waals surface area contributed by atoms with Gasteiger partial charge < -0.3 is 16.0 Å². The predicted molar refractivity (Wildman–Crippen MR) is 69.3 cm³/mol. The van der Waals surface area contributed by atoms with Crippen LogP contribution in [-0.2, 0) is 4.79 Å². The standard InChI is InChI=1S/C13H23N3O/c1-3-6-12(14)13(17)15-9-10-16(2)11-7-4-5-8-11/h1,11-12H,4-10,14H2,2H3,(H,15,17). The summed E-state index contributed by atoms with van der Waals surface area (Å²) >= 11 is 0. The van der Waals surface area contributed by atoms with E-state index >= 15 is 0 Å². The van der Waals surface area contributed by atoms with E-state index in [2.05, 4.69) is 23.2 Å². The van der Waals surface area contributed by atoms with E-state index in [4.69, 9.17) is 12.2 Å². The second-order valence-corrected chi connectivity index (χ2v) is 4.72. The lowest BCUT2D eigenvalue weighted by Crippen LogP contribution is -2.44. The van der Waals surface area contributed by atoms with Gasteiger partial charge in [-0.1, -0.05) is 12.8 Å². The van der Waals surface area contributed by atoms with Crippen LogP contribution in [-0.4, -0.2) is 43.0 Å². The summed E-state index contributed by atoms with van der Waals surface area (Å²) in [6, 6.07) is 0.114. The van der Waals surface area contributed by atoms with Gasteiger partial charge in [-0.05, 0) is 19.9 Å². The van der Waals surface area contributed by atoms with Crippen LogP contribution in [0.5, 0.6) is 0 Å².